The Morgan fingerprint density at radius 1 is 1.20 bits per heavy atom. The second kappa shape index (κ2) is 7.87. The van der Waals surface area contributed by atoms with Crippen LogP contribution in [0.3, 0.4) is 0 Å². The zero-order valence-electron chi connectivity index (χ0n) is 13.3. The van der Waals surface area contributed by atoms with Crippen LogP contribution in [0.4, 0.5) is 10.8 Å². The molecule has 1 heterocycles. The van der Waals surface area contributed by atoms with Crippen molar-refractivity contribution in [3.8, 4) is 5.75 Å². The van der Waals surface area contributed by atoms with E-state index in [1.54, 1.807) is 23.1 Å². The number of anilines is 2. The fourth-order valence-corrected chi connectivity index (χ4v) is 3.41. The van der Waals surface area contributed by atoms with Crippen molar-refractivity contribution in [1.29, 1.82) is 0 Å². The number of aromatic nitrogens is 1. The fraction of sp³-hybridized carbons (Fsp3) is 0.111. The van der Waals surface area contributed by atoms with Crippen LogP contribution < -0.4 is 9.64 Å². The standard InChI is InChI=1S/C18H14Cl2N2O2S/c1-12(23)22(15-5-3-2-4-6-15)18-21-14(11-25-18)10-24-17-9-13(19)7-8-16(17)20/h2-9,11H,10H2,1H3. The van der Waals surface area contributed by atoms with E-state index >= 15 is 0 Å². The third kappa shape index (κ3) is 4.31. The number of benzene rings is 2. The van der Waals surface area contributed by atoms with Gasteiger partial charge in [-0.25, -0.2) is 4.98 Å². The summed E-state index contributed by atoms with van der Waals surface area (Å²) >= 11 is 13.4. The summed E-state index contributed by atoms with van der Waals surface area (Å²) in [5.41, 5.74) is 1.48. The molecule has 0 bridgehead atoms. The summed E-state index contributed by atoms with van der Waals surface area (Å²) in [4.78, 5) is 18.1. The van der Waals surface area contributed by atoms with Crippen LogP contribution >= 0.6 is 34.5 Å². The Bertz CT molecular complexity index is 884. The maximum absolute atomic E-state index is 12.0. The summed E-state index contributed by atoms with van der Waals surface area (Å²) in [6, 6.07) is 14.4. The highest BCUT2D eigenvalue weighted by molar-refractivity contribution is 7.14. The van der Waals surface area contributed by atoms with Crippen LogP contribution in [0.15, 0.2) is 53.9 Å². The van der Waals surface area contributed by atoms with Crippen molar-refractivity contribution < 1.29 is 9.53 Å². The number of para-hydroxylation sites is 1. The van der Waals surface area contributed by atoms with E-state index in [9.17, 15) is 4.79 Å². The first kappa shape index (κ1) is 17.7. The number of nitrogens with zero attached hydrogens (tertiary/aromatic N) is 2. The van der Waals surface area contributed by atoms with E-state index in [4.69, 9.17) is 27.9 Å². The Labute approximate surface area is 159 Å². The first-order chi connectivity index (χ1) is 12.0. The zero-order valence-corrected chi connectivity index (χ0v) is 15.6. The molecule has 0 saturated carbocycles. The summed E-state index contributed by atoms with van der Waals surface area (Å²) in [6.45, 7) is 1.74. The number of halogens is 2. The Balaban J connectivity index is 1.77. The molecule has 3 aromatic rings. The molecule has 0 aliphatic rings. The number of rotatable bonds is 5. The summed E-state index contributed by atoms with van der Waals surface area (Å²) in [6.07, 6.45) is 0. The van der Waals surface area contributed by atoms with Gasteiger partial charge < -0.3 is 4.74 Å². The molecule has 0 radical (unpaired) electrons. The minimum absolute atomic E-state index is 0.106. The van der Waals surface area contributed by atoms with Gasteiger partial charge in [-0.2, -0.15) is 0 Å². The SMILES string of the molecule is CC(=O)N(c1ccccc1)c1nc(COc2cc(Cl)ccc2Cl)cs1. The lowest BCUT2D eigenvalue weighted by molar-refractivity contribution is -0.115. The molecule has 0 saturated heterocycles. The van der Waals surface area contributed by atoms with Gasteiger partial charge in [-0.1, -0.05) is 41.4 Å². The molecule has 0 fully saturated rings. The highest BCUT2D eigenvalue weighted by Gasteiger charge is 2.17. The van der Waals surface area contributed by atoms with Crippen molar-refractivity contribution in [1.82, 2.24) is 4.98 Å². The van der Waals surface area contributed by atoms with E-state index < -0.39 is 0 Å². The van der Waals surface area contributed by atoms with Gasteiger partial charge in [0.25, 0.3) is 0 Å². The lowest BCUT2D eigenvalue weighted by Gasteiger charge is -2.17. The quantitative estimate of drug-likeness (QED) is 0.557. The maximum atomic E-state index is 12.0. The van der Waals surface area contributed by atoms with Crippen LogP contribution in [0.5, 0.6) is 5.75 Å². The molecule has 0 unspecified atom stereocenters. The van der Waals surface area contributed by atoms with Crippen molar-refractivity contribution in [3.63, 3.8) is 0 Å². The summed E-state index contributed by atoms with van der Waals surface area (Å²) in [5.74, 6) is 0.390. The predicted octanol–water partition coefficient (Wildman–Crippen LogP) is 5.71. The molecule has 0 aliphatic carbocycles. The Morgan fingerprint density at radius 3 is 2.68 bits per heavy atom. The van der Waals surface area contributed by atoms with Crippen molar-refractivity contribution in [2.24, 2.45) is 0 Å². The van der Waals surface area contributed by atoms with Gasteiger partial charge in [0.15, 0.2) is 5.13 Å². The molecule has 1 aromatic heterocycles. The van der Waals surface area contributed by atoms with Crippen molar-refractivity contribution in [3.05, 3.63) is 69.7 Å². The molecule has 2 aromatic carbocycles. The first-order valence-electron chi connectivity index (χ1n) is 7.42. The molecule has 0 spiro atoms. The van der Waals surface area contributed by atoms with Crippen LogP contribution in [-0.2, 0) is 11.4 Å². The number of thiazole rings is 1. The van der Waals surface area contributed by atoms with Gasteiger partial charge >= 0.3 is 0 Å². The van der Waals surface area contributed by atoms with Gasteiger partial charge in [-0.15, -0.1) is 11.3 Å². The van der Waals surface area contributed by atoms with E-state index in [0.717, 1.165) is 5.69 Å². The van der Waals surface area contributed by atoms with E-state index in [-0.39, 0.29) is 12.5 Å². The number of hydrogen-bond donors (Lipinski definition) is 0. The van der Waals surface area contributed by atoms with Crippen molar-refractivity contribution in [2.45, 2.75) is 13.5 Å². The molecule has 0 aliphatic heterocycles. The molecule has 4 nitrogen and oxygen atoms in total. The average molecular weight is 393 g/mol. The Morgan fingerprint density at radius 2 is 1.96 bits per heavy atom. The number of hydrogen-bond acceptors (Lipinski definition) is 4. The second-order valence-electron chi connectivity index (χ2n) is 5.17. The Hall–Kier alpha value is -2.08. The average Bonchev–Trinajstić information content (AvgIpc) is 3.05. The van der Waals surface area contributed by atoms with Gasteiger partial charge in [0, 0.05) is 23.4 Å². The van der Waals surface area contributed by atoms with Gasteiger partial charge in [-0.05, 0) is 24.3 Å². The lowest BCUT2D eigenvalue weighted by Crippen LogP contribution is -2.22. The minimum Gasteiger partial charge on any atom is -0.486 e. The van der Waals surface area contributed by atoms with Crippen molar-refractivity contribution >= 4 is 51.3 Å². The van der Waals surface area contributed by atoms with Gasteiger partial charge in [-0.3, -0.25) is 9.69 Å². The van der Waals surface area contributed by atoms with Gasteiger partial charge in [0.05, 0.1) is 16.4 Å². The van der Waals surface area contributed by atoms with Crippen LogP contribution in [0.2, 0.25) is 10.0 Å². The highest BCUT2D eigenvalue weighted by Crippen LogP contribution is 2.31. The van der Waals surface area contributed by atoms with Gasteiger partial charge in [0.1, 0.15) is 12.4 Å². The third-order valence-corrected chi connectivity index (χ3v) is 4.75. The van der Waals surface area contributed by atoms with Crippen LogP contribution in [0.1, 0.15) is 12.6 Å². The molecular formula is C18H14Cl2N2O2S. The number of carbonyl (C=O) groups excluding carboxylic acids is 1. The predicted molar refractivity (Wildman–Crippen MR) is 102 cm³/mol. The monoisotopic (exact) mass is 392 g/mol. The molecule has 0 N–H and O–H groups in total. The maximum Gasteiger partial charge on any atom is 0.230 e. The second-order valence-corrected chi connectivity index (χ2v) is 6.86. The fourth-order valence-electron chi connectivity index (χ4n) is 2.21. The van der Waals surface area contributed by atoms with E-state index in [2.05, 4.69) is 4.98 Å². The normalized spacial score (nSPS) is 10.5. The topological polar surface area (TPSA) is 42.4 Å². The van der Waals surface area contributed by atoms with Crippen LogP contribution in [-0.4, -0.2) is 10.9 Å². The van der Waals surface area contributed by atoms with Crippen molar-refractivity contribution in [2.75, 3.05) is 4.90 Å². The number of carbonyl (C=O) groups is 1. The first-order valence-corrected chi connectivity index (χ1v) is 9.06. The number of ether oxygens (including phenoxy) is 1. The van der Waals surface area contributed by atoms with Gasteiger partial charge in [0.2, 0.25) is 5.91 Å². The van der Waals surface area contributed by atoms with E-state index in [1.807, 2.05) is 35.7 Å². The summed E-state index contributed by atoms with van der Waals surface area (Å²) in [7, 11) is 0. The summed E-state index contributed by atoms with van der Waals surface area (Å²) in [5, 5.41) is 3.47. The highest BCUT2D eigenvalue weighted by atomic mass is 35.5. The smallest absolute Gasteiger partial charge is 0.230 e. The lowest BCUT2D eigenvalue weighted by atomic mass is 10.3. The minimum atomic E-state index is -0.106. The zero-order chi connectivity index (χ0) is 17.8. The third-order valence-electron chi connectivity index (χ3n) is 3.33. The van der Waals surface area contributed by atoms with Crippen LogP contribution in [0.25, 0.3) is 0 Å². The van der Waals surface area contributed by atoms with E-state index in [1.165, 1.54) is 18.3 Å². The number of amides is 1. The molecule has 128 valence electrons. The molecule has 0 atom stereocenters. The van der Waals surface area contributed by atoms with Crippen LogP contribution in [0, 0.1) is 0 Å². The largest absolute Gasteiger partial charge is 0.486 e. The van der Waals surface area contributed by atoms with E-state index in [0.29, 0.717) is 26.6 Å². The molecule has 1 amide bonds. The summed E-state index contributed by atoms with van der Waals surface area (Å²) < 4.78 is 5.69. The molecular weight excluding hydrogens is 379 g/mol. The molecule has 3 rings (SSSR count). The molecule has 7 heteroatoms. The Kier molecular flexibility index (Phi) is 5.58. The molecule has 25 heavy (non-hydrogen) atoms.